The Labute approximate surface area is 168 Å². The standard InChI is InChI=1S/C27H26B/c1-5-14-24(15-6-1)16-13-23-28(25-17-7-2-8-18-25,26-19-9-3-10-20-26)27-21-11-4-12-22-27/h1-12,14-15,17-22H,13,16,23H2/q-1. The van der Waals surface area contributed by atoms with Gasteiger partial charge in [-0.25, -0.2) is 0 Å². The number of hydrogen-bond donors (Lipinski definition) is 0. The summed E-state index contributed by atoms with van der Waals surface area (Å²) in [6, 6.07) is 44.1. The van der Waals surface area contributed by atoms with Crippen molar-refractivity contribution in [2.24, 2.45) is 0 Å². The van der Waals surface area contributed by atoms with Gasteiger partial charge in [-0.3, -0.25) is 0 Å². The summed E-state index contributed by atoms with van der Waals surface area (Å²) < 4.78 is 0. The Morgan fingerprint density at radius 3 is 1.18 bits per heavy atom. The predicted molar refractivity (Wildman–Crippen MR) is 124 cm³/mol. The molecule has 1 heteroatoms. The van der Waals surface area contributed by atoms with E-state index in [0.29, 0.717) is 0 Å². The summed E-state index contributed by atoms with van der Waals surface area (Å²) in [5.41, 5.74) is 5.69. The van der Waals surface area contributed by atoms with Gasteiger partial charge in [0.25, 0.3) is 0 Å². The Kier molecular flexibility index (Phi) is 5.73. The van der Waals surface area contributed by atoms with Crippen molar-refractivity contribution in [2.75, 3.05) is 0 Å². The van der Waals surface area contributed by atoms with Gasteiger partial charge in [-0.15, -0.1) is 0 Å². The van der Waals surface area contributed by atoms with Crippen molar-refractivity contribution in [1.29, 1.82) is 0 Å². The van der Waals surface area contributed by atoms with Crippen molar-refractivity contribution in [1.82, 2.24) is 0 Å². The van der Waals surface area contributed by atoms with Crippen LogP contribution in [0.15, 0.2) is 121 Å². The van der Waals surface area contributed by atoms with E-state index < -0.39 is 6.15 Å². The summed E-state index contributed by atoms with van der Waals surface area (Å²) in [4.78, 5) is 0. The molecule has 0 radical (unpaired) electrons. The molecular weight excluding hydrogens is 335 g/mol. The monoisotopic (exact) mass is 361 g/mol. The van der Waals surface area contributed by atoms with E-state index in [4.69, 9.17) is 0 Å². The van der Waals surface area contributed by atoms with Gasteiger partial charge >= 0.3 is 0 Å². The zero-order valence-corrected chi connectivity index (χ0v) is 16.2. The van der Waals surface area contributed by atoms with Gasteiger partial charge in [-0.2, -0.15) is 22.7 Å². The summed E-state index contributed by atoms with van der Waals surface area (Å²) in [5.74, 6) is 0. The fourth-order valence-electron chi connectivity index (χ4n) is 4.68. The summed E-state index contributed by atoms with van der Waals surface area (Å²) >= 11 is 0. The van der Waals surface area contributed by atoms with E-state index in [1.807, 2.05) is 0 Å². The minimum absolute atomic E-state index is 1.01. The molecule has 4 rings (SSSR count). The normalized spacial score (nSPS) is 11.3. The van der Waals surface area contributed by atoms with E-state index in [-0.39, 0.29) is 0 Å². The molecule has 0 aromatic heterocycles. The van der Waals surface area contributed by atoms with Crippen LogP contribution < -0.4 is 16.4 Å². The van der Waals surface area contributed by atoms with Crippen LogP contribution in [0.1, 0.15) is 12.0 Å². The number of aryl methyl sites for hydroxylation is 1. The van der Waals surface area contributed by atoms with Crippen LogP contribution in [0.2, 0.25) is 6.32 Å². The molecule has 0 fully saturated rings. The number of hydrogen-bond acceptors (Lipinski definition) is 0. The zero-order chi connectivity index (χ0) is 19.1. The fourth-order valence-corrected chi connectivity index (χ4v) is 4.68. The molecular formula is C27H26B-. The average molecular weight is 361 g/mol. The Bertz CT molecular complexity index is 867. The molecule has 0 aliphatic heterocycles. The van der Waals surface area contributed by atoms with Crippen molar-refractivity contribution >= 4 is 22.5 Å². The lowest BCUT2D eigenvalue weighted by molar-refractivity contribution is 0.908. The molecule has 4 aromatic carbocycles. The second-order valence-corrected chi connectivity index (χ2v) is 7.66. The van der Waals surface area contributed by atoms with E-state index >= 15 is 0 Å². The van der Waals surface area contributed by atoms with Gasteiger partial charge in [0.05, 0.1) is 6.15 Å². The molecule has 0 spiro atoms. The molecule has 4 aromatic rings. The maximum Gasteiger partial charge on any atom is 0.0814 e. The molecule has 28 heavy (non-hydrogen) atoms. The quantitative estimate of drug-likeness (QED) is 0.415. The maximum absolute atomic E-state index is 2.31. The van der Waals surface area contributed by atoms with Crippen LogP contribution in [-0.2, 0) is 6.42 Å². The first-order valence-electron chi connectivity index (χ1n) is 10.3. The topological polar surface area (TPSA) is 0 Å². The lowest BCUT2D eigenvalue weighted by atomic mass is 9.14. The van der Waals surface area contributed by atoms with Crippen LogP contribution in [0.3, 0.4) is 0 Å². The minimum Gasteiger partial charge on any atom is -0.200 e. The Hall–Kier alpha value is -3.06. The lowest BCUT2D eigenvalue weighted by Crippen LogP contribution is -2.66. The van der Waals surface area contributed by atoms with E-state index in [1.54, 1.807) is 0 Å². The Balaban J connectivity index is 1.79. The van der Waals surface area contributed by atoms with E-state index in [1.165, 1.54) is 22.0 Å². The van der Waals surface area contributed by atoms with E-state index in [2.05, 4.69) is 121 Å². The Morgan fingerprint density at radius 1 is 0.429 bits per heavy atom. The highest BCUT2D eigenvalue weighted by molar-refractivity contribution is 7.11. The lowest BCUT2D eigenvalue weighted by Gasteiger charge is -2.43. The molecule has 0 aliphatic carbocycles. The minimum atomic E-state index is -1.01. The van der Waals surface area contributed by atoms with Crippen LogP contribution in [-0.4, -0.2) is 6.15 Å². The SMILES string of the molecule is c1ccc(CCC[B-](c2ccccc2)(c2ccccc2)c2ccccc2)cc1. The third kappa shape index (κ3) is 3.80. The van der Waals surface area contributed by atoms with E-state index in [0.717, 1.165) is 19.2 Å². The van der Waals surface area contributed by atoms with E-state index in [9.17, 15) is 0 Å². The van der Waals surface area contributed by atoms with Crippen molar-refractivity contribution in [3.8, 4) is 0 Å². The summed E-state index contributed by atoms with van der Waals surface area (Å²) in [6.07, 6.45) is 2.38. The molecule has 0 saturated carbocycles. The predicted octanol–water partition coefficient (Wildman–Crippen LogP) is 4.79. The summed E-state index contributed by atoms with van der Waals surface area (Å²) in [5, 5.41) is 0. The molecule has 138 valence electrons. The third-order valence-electron chi connectivity index (χ3n) is 6.05. The fraction of sp³-hybridized carbons (Fsp3) is 0.111. The molecule has 0 amide bonds. The van der Waals surface area contributed by atoms with Gasteiger partial charge in [-0.05, 0) is 12.0 Å². The van der Waals surface area contributed by atoms with Gasteiger partial charge in [0.15, 0.2) is 0 Å². The number of rotatable bonds is 7. The highest BCUT2D eigenvalue weighted by Gasteiger charge is 2.29. The molecule has 0 saturated heterocycles. The molecule has 0 N–H and O–H groups in total. The Morgan fingerprint density at radius 2 is 0.786 bits per heavy atom. The molecule has 0 unspecified atom stereocenters. The first-order chi connectivity index (χ1) is 13.9. The third-order valence-corrected chi connectivity index (χ3v) is 6.05. The maximum atomic E-state index is 2.31. The number of benzene rings is 4. The van der Waals surface area contributed by atoms with Crippen LogP contribution in [0.4, 0.5) is 0 Å². The molecule has 0 bridgehead atoms. The van der Waals surface area contributed by atoms with Crippen molar-refractivity contribution in [3.05, 3.63) is 127 Å². The molecule has 0 atom stereocenters. The zero-order valence-electron chi connectivity index (χ0n) is 16.2. The first kappa shape index (κ1) is 18.3. The van der Waals surface area contributed by atoms with Crippen LogP contribution >= 0.6 is 0 Å². The van der Waals surface area contributed by atoms with Crippen LogP contribution in [0.5, 0.6) is 0 Å². The van der Waals surface area contributed by atoms with Gasteiger partial charge in [0.1, 0.15) is 0 Å². The smallest absolute Gasteiger partial charge is 0.0814 e. The highest BCUT2D eigenvalue weighted by atomic mass is 14.1. The molecule has 0 nitrogen and oxygen atoms in total. The second-order valence-electron chi connectivity index (χ2n) is 7.66. The second kappa shape index (κ2) is 8.76. The average Bonchev–Trinajstić information content (AvgIpc) is 2.79. The summed E-state index contributed by atoms with van der Waals surface area (Å²) in [6.45, 7) is 0. The van der Waals surface area contributed by atoms with Crippen LogP contribution in [0, 0.1) is 0 Å². The van der Waals surface area contributed by atoms with Crippen molar-refractivity contribution in [3.63, 3.8) is 0 Å². The van der Waals surface area contributed by atoms with Gasteiger partial charge in [0, 0.05) is 0 Å². The van der Waals surface area contributed by atoms with Crippen molar-refractivity contribution < 1.29 is 0 Å². The van der Waals surface area contributed by atoms with Crippen molar-refractivity contribution in [2.45, 2.75) is 19.2 Å². The highest BCUT2D eigenvalue weighted by Crippen LogP contribution is 2.17. The van der Waals surface area contributed by atoms with Gasteiger partial charge in [0.2, 0.25) is 0 Å². The first-order valence-corrected chi connectivity index (χ1v) is 10.3. The largest absolute Gasteiger partial charge is 0.200 e. The van der Waals surface area contributed by atoms with Gasteiger partial charge < -0.3 is 0 Å². The van der Waals surface area contributed by atoms with Gasteiger partial charge in [-0.1, -0.05) is 128 Å². The van der Waals surface area contributed by atoms with Crippen LogP contribution in [0.25, 0.3) is 0 Å². The molecule has 0 aliphatic rings. The molecule has 0 heterocycles. The summed E-state index contributed by atoms with van der Waals surface area (Å²) in [7, 11) is 0.